The summed E-state index contributed by atoms with van der Waals surface area (Å²) in [6.07, 6.45) is 1.82. The highest BCUT2D eigenvalue weighted by atomic mass is 79.9. The van der Waals surface area contributed by atoms with Crippen molar-refractivity contribution in [1.82, 2.24) is 15.1 Å². The molecule has 1 aromatic heterocycles. The smallest absolute Gasteiger partial charge is 0.0518 e. The van der Waals surface area contributed by atoms with Gasteiger partial charge in [-0.1, -0.05) is 22.0 Å². The van der Waals surface area contributed by atoms with E-state index < -0.39 is 0 Å². The Balaban J connectivity index is 1.66. The minimum absolute atomic E-state index is 0.844. The van der Waals surface area contributed by atoms with Crippen LogP contribution in [0, 0.1) is 0 Å². The quantitative estimate of drug-likeness (QED) is 0.805. The summed E-state index contributed by atoms with van der Waals surface area (Å²) in [6, 6.07) is 10.2. The fourth-order valence-corrected chi connectivity index (χ4v) is 2.08. The molecule has 18 heavy (non-hydrogen) atoms. The van der Waals surface area contributed by atoms with Gasteiger partial charge in [0, 0.05) is 43.0 Å². The second-order valence-corrected chi connectivity index (χ2v) is 4.98. The third-order valence-electron chi connectivity index (χ3n) is 2.68. The monoisotopic (exact) mass is 308 g/mol. The molecule has 0 fully saturated rings. The van der Waals surface area contributed by atoms with Crippen molar-refractivity contribution < 1.29 is 0 Å². The SMILES string of the molecule is Cn1nccc1CNCCNc1cccc(Br)c1. The Labute approximate surface area is 116 Å². The molecule has 0 saturated heterocycles. The number of anilines is 1. The molecular weight excluding hydrogens is 292 g/mol. The number of halogens is 1. The lowest BCUT2D eigenvalue weighted by Crippen LogP contribution is -2.22. The van der Waals surface area contributed by atoms with Gasteiger partial charge in [-0.25, -0.2) is 0 Å². The summed E-state index contributed by atoms with van der Waals surface area (Å²) < 4.78 is 2.98. The highest BCUT2D eigenvalue weighted by Gasteiger charge is 1.97. The largest absolute Gasteiger partial charge is 0.384 e. The average molecular weight is 309 g/mol. The van der Waals surface area contributed by atoms with Gasteiger partial charge >= 0.3 is 0 Å². The van der Waals surface area contributed by atoms with Gasteiger partial charge in [-0.15, -0.1) is 0 Å². The van der Waals surface area contributed by atoms with Crippen LogP contribution in [-0.4, -0.2) is 22.9 Å². The second-order valence-electron chi connectivity index (χ2n) is 4.06. The zero-order chi connectivity index (χ0) is 12.8. The van der Waals surface area contributed by atoms with Crippen molar-refractivity contribution in [2.45, 2.75) is 6.54 Å². The molecule has 96 valence electrons. The summed E-state index contributed by atoms with van der Waals surface area (Å²) in [6.45, 7) is 2.66. The van der Waals surface area contributed by atoms with E-state index in [1.807, 2.05) is 36.1 Å². The van der Waals surface area contributed by atoms with Crippen LogP contribution in [0.5, 0.6) is 0 Å². The van der Waals surface area contributed by atoms with E-state index in [1.165, 1.54) is 5.69 Å². The van der Waals surface area contributed by atoms with Gasteiger partial charge in [0.05, 0.1) is 5.69 Å². The van der Waals surface area contributed by atoms with E-state index in [-0.39, 0.29) is 0 Å². The Bertz CT molecular complexity index is 495. The summed E-state index contributed by atoms with van der Waals surface area (Å²) in [5.41, 5.74) is 2.32. The van der Waals surface area contributed by atoms with E-state index >= 15 is 0 Å². The van der Waals surface area contributed by atoms with Crippen LogP contribution in [0.2, 0.25) is 0 Å². The van der Waals surface area contributed by atoms with Crippen LogP contribution in [0.1, 0.15) is 5.69 Å². The third kappa shape index (κ3) is 3.85. The summed E-state index contributed by atoms with van der Waals surface area (Å²) in [5.74, 6) is 0. The number of aryl methyl sites for hydroxylation is 1. The molecule has 2 rings (SSSR count). The molecule has 2 aromatic rings. The molecule has 0 aliphatic rings. The molecule has 0 amide bonds. The van der Waals surface area contributed by atoms with Crippen LogP contribution in [0.4, 0.5) is 5.69 Å². The highest BCUT2D eigenvalue weighted by molar-refractivity contribution is 9.10. The fraction of sp³-hybridized carbons (Fsp3) is 0.308. The van der Waals surface area contributed by atoms with Crippen molar-refractivity contribution >= 4 is 21.6 Å². The van der Waals surface area contributed by atoms with Crippen molar-refractivity contribution in [2.75, 3.05) is 18.4 Å². The molecule has 5 heteroatoms. The van der Waals surface area contributed by atoms with Crippen molar-refractivity contribution in [1.29, 1.82) is 0 Å². The van der Waals surface area contributed by atoms with Crippen LogP contribution >= 0.6 is 15.9 Å². The Kier molecular flexibility index (Phi) is 4.78. The molecule has 0 saturated carbocycles. The summed E-state index contributed by atoms with van der Waals surface area (Å²) >= 11 is 3.45. The minimum Gasteiger partial charge on any atom is -0.384 e. The van der Waals surface area contributed by atoms with Gasteiger partial charge in [-0.3, -0.25) is 4.68 Å². The summed E-state index contributed by atoms with van der Waals surface area (Å²) in [4.78, 5) is 0. The Hall–Kier alpha value is -1.33. The lowest BCUT2D eigenvalue weighted by Gasteiger charge is -2.08. The van der Waals surface area contributed by atoms with E-state index in [4.69, 9.17) is 0 Å². The number of nitrogens with zero attached hydrogens (tertiary/aromatic N) is 2. The van der Waals surface area contributed by atoms with Crippen molar-refractivity contribution in [2.24, 2.45) is 7.05 Å². The number of rotatable bonds is 6. The fourth-order valence-electron chi connectivity index (χ4n) is 1.68. The summed E-state index contributed by atoms with van der Waals surface area (Å²) in [7, 11) is 1.96. The number of hydrogen-bond acceptors (Lipinski definition) is 3. The molecule has 1 aromatic carbocycles. The normalized spacial score (nSPS) is 10.6. The topological polar surface area (TPSA) is 41.9 Å². The van der Waals surface area contributed by atoms with Crippen LogP contribution in [0.25, 0.3) is 0 Å². The van der Waals surface area contributed by atoms with Crippen LogP contribution < -0.4 is 10.6 Å². The van der Waals surface area contributed by atoms with Gasteiger partial charge < -0.3 is 10.6 Å². The van der Waals surface area contributed by atoms with E-state index in [1.54, 1.807) is 0 Å². The second kappa shape index (κ2) is 6.56. The number of aromatic nitrogens is 2. The zero-order valence-electron chi connectivity index (χ0n) is 10.4. The first kappa shape index (κ1) is 13.1. The van der Waals surface area contributed by atoms with Gasteiger partial charge in [0.15, 0.2) is 0 Å². The van der Waals surface area contributed by atoms with Crippen LogP contribution in [0.3, 0.4) is 0 Å². The zero-order valence-corrected chi connectivity index (χ0v) is 11.9. The Morgan fingerprint density at radius 1 is 1.28 bits per heavy atom. The number of benzene rings is 1. The van der Waals surface area contributed by atoms with E-state index in [2.05, 4.69) is 43.8 Å². The number of hydrogen-bond donors (Lipinski definition) is 2. The highest BCUT2D eigenvalue weighted by Crippen LogP contribution is 2.14. The first-order chi connectivity index (χ1) is 8.75. The average Bonchev–Trinajstić information content (AvgIpc) is 2.75. The molecule has 0 atom stereocenters. The standard InChI is InChI=1S/C13H17BrN4/c1-18-13(5-6-17-18)10-15-7-8-16-12-4-2-3-11(14)9-12/h2-6,9,15-16H,7-8,10H2,1H3. The maximum Gasteiger partial charge on any atom is 0.0518 e. The minimum atomic E-state index is 0.844. The maximum atomic E-state index is 4.13. The van der Waals surface area contributed by atoms with Gasteiger partial charge in [-0.2, -0.15) is 5.10 Å². The molecule has 0 spiro atoms. The van der Waals surface area contributed by atoms with Crippen LogP contribution in [0.15, 0.2) is 41.0 Å². The lowest BCUT2D eigenvalue weighted by atomic mass is 10.3. The summed E-state index contributed by atoms with van der Waals surface area (Å²) in [5, 5.41) is 10.9. The molecule has 0 radical (unpaired) electrons. The van der Waals surface area contributed by atoms with Crippen molar-refractivity contribution in [3.63, 3.8) is 0 Å². The predicted octanol–water partition coefficient (Wildman–Crippen LogP) is 2.38. The van der Waals surface area contributed by atoms with Gasteiger partial charge in [-0.05, 0) is 24.3 Å². The molecule has 1 heterocycles. The molecular formula is C13H17BrN4. The van der Waals surface area contributed by atoms with Crippen molar-refractivity contribution in [3.05, 3.63) is 46.7 Å². The first-order valence-corrected chi connectivity index (χ1v) is 6.72. The molecule has 0 aliphatic carbocycles. The van der Waals surface area contributed by atoms with E-state index in [0.717, 1.165) is 29.8 Å². The lowest BCUT2D eigenvalue weighted by molar-refractivity contribution is 0.635. The molecule has 0 unspecified atom stereocenters. The van der Waals surface area contributed by atoms with Crippen molar-refractivity contribution in [3.8, 4) is 0 Å². The first-order valence-electron chi connectivity index (χ1n) is 5.93. The van der Waals surface area contributed by atoms with Gasteiger partial charge in [0.25, 0.3) is 0 Å². The third-order valence-corrected chi connectivity index (χ3v) is 3.18. The van der Waals surface area contributed by atoms with E-state index in [0.29, 0.717) is 0 Å². The molecule has 4 nitrogen and oxygen atoms in total. The van der Waals surface area contributed by atoms with Gasteiger partial charge in [0.1, 0.15) is 0 Å². The van der Waals surface area contributed by atoms with Gasteiger partial charge in [0.2, 0.25) is 0 Å². The molecule has 0 aliphatic heterocycles. The molecule has 2 N–H and O–H groups in total. The Morgan fingerprint density at radius 2 is 2.17 bits per heavy atom. The Morgan fingerprint density at radius 3 is 2.89 bits per heavy atom. The van der Waals surface area contributed by atoms with Crippen LogP contribution in [-0.2, 0) is 13.6 Å². The number of nitrogens with one attached hydrogen (secondary N) is 2. The predicted molar refractivity (Wildman–Crippen MR) is 77.5 cm³/mol. The van der Waals surface area contributed by atoms with E-state index in [9.17, 15) is 0 Å². The maximum absolute atomic E-state index is 4.13. The molecule has 0 bridgehead atoms.